The quantitative estimate of drug-likeness (QED) is 0.126. The van der Waals surface area contributed by atoms with E-state index in [0.717, 1.165) is 90.0 Å². The zero-order valence-electron chi connectivity index (χ0n) is 35.1. The van der Waals surface area contributed by atoms with E-state index in [2.05, 4.69) is 75.6 Å². The van der Waals surface area contributed by atoms with Gasteiger partial charge in [0.25, 0.3) is 5.91 Å². The number of pyridine rings is 1. The van der Waals surface area contributed by atoms with E-state index in [4.69, 9.17) is 14.5 Å². The highest BCUT2D eigenvalue weighted by molar-refractivity contribution is 7.07. The molecular formula is C45H61N7O5S. The van der Waals surface area contributed by atoms with Crippen LogP contribution in [0.5, 0.6) is 0 Å². The zero-order valence-corrected chi connectivity index (χ0v) is 35.9. The van der Waals surface area contributed by atoms with Crippen molar-refractivity contribution in [2.45, 2.75) is 123 Å². The van der Waals surface area contributed by atoms with Crippen LogP contribution >= 0.6 is 11.3 Å². The number of methoxy groups -OCH3 is 1. The van der Waals surface area contributed by atoms with Crippen LogP contribution < -0.4 is 10.7 Å². The number of esters is 1. The molecule has 7 rings (SSSR count). The summed E-state index contributed by atoms with van der Waals surface area (Å²) in [6.45, 7) is 13.9. The number of aryl methyl sites for hydroxylation is 1. The minimum atomic E-state index is -0.664. The fraction of sp³-hybridized carbons (Fsp3) is 0.578. The van der Waals surface area contributed by atoms with Crippen molar-refractivity contribution in [1.29, 1.82) is 0 Å². The van der Waals surface area contributed by atoms with Crippen molar-refractivity contribution < 1.29 is 23.9 Å². The number of nitrogens with zero attached hydrogens (tertiary/aromatic N) is 5. The minimum absolute atomic E-state index is 0.0236. The van der Waals surface area contributed by atoms with Crippen LogP contribution in [0.25, 0.3) is 33.4 Å². The number of aromatic nitrogens is 3. The summed E-state index contributed by atoms with van der Waals surface area (Å²) in [5, 5.41) is 7.83. The predicted octanol–water partition coefficient (Wildman–Crippen LogP) is 7.32. The molecule has 0 saturated carbocycles. The van der Waals surface area contributed by atoms with Crippen LogP contribution in [0.1, 0.15) is 103 Å². The van der Waals surface area contributed by atoms with Gasteiger partial charge >= 0.3 is 5.97 Å². The SMILES string of the molecule is CC[C@H](NC(=O)[C@H]1CCCN2CCCC[C@@H]12)C(=O)N1CCC[C@@H](C(=O)OCC(C)(C)Cc2c(-c3cccnc3[C@H](C)OC)n(CC)c3ccc(-c4cscn4)cc23)N1. The van der Waals surface area contributed by atoms with Crippen LogP contribution in [0.2, 0.25) is 0 Å². The first-order valence-corrected chi connectivity index (χ1v) is 22.3. The Morgan fingerprint density at radius 3 is 2.60 bits per heavy atom. The molecule has 3 fully saturated rings. The maximum atomic E-state index is 13.9. The Bertz CT molecular complexity index is 2060. The van der Waals surface area contributed by atoms with E-state index in [1.165, 1.54) is 11.4 Å². The average Bonchev–Trinajstić information content (AvgIpc) is 3.90. The van der Waals surface area contributed by atoms with E-state index in [9.17, 15) is 14.4 Å². The van der Waals surface area contributed by atoms with Crippen LogP contribution in [0, 0.1) is 11.3 Å². The third-order valence-corrected chi connectivity index (χ3v) is 13.1. The topological polar surface area (TPSA) is 131 Å². The van der Waals surface area contributed by atoms with Gasteiger partial charge in [-0.3, -0.25) is 29.3 Å². The van der Waals surface area contributed by atoms with E-state index in [-0.39, 0.29) is 42.5 Å². The number of hydrazine groups is 1. The lowest BCUT2D eigenvalue weighted by atomic mass is 9.83. The highest BCUT2D eigenvalue weighted by atomic mass is 32.1. The van der Waals surface area contributed by atoms with Crippen molar-refractivity contribution in [1.82, 2.24) is 35.2 Å². The molecule has 0 bridgehead atoms. The lowest BCUT2D eigenvalue weighted by molar-refractivity contribution is -0.155. The van der Waals surface area contributed by atoms with E-state index < -0.39 is 17.5 Å². The number of nitrogens with one attached hydrogen (secondary N) is 2. The van der Waals surface area contributed by atoms with Gasteiger partial charge in [-0.05, 0) is 108 Å². The molecule has 3 aromatic heterocycles. The van der Waals surface area contributed by atoms with Gasteiger partial charge in [0.15, 0.2) is 0 Å². The van der Waals surface area contributed by atoms with Crippen molar-refractivity contribution in [3.05, 3.63) is 58.7 Å². The van der Waals surface area contributed by atoms with Crippen LogP contribution in [-0.2, 0) is 36.8 Å². The Morgan fingerprint density at radius 1 is 1.03 bits per heavy atom. The van der Waals surface area contributed by atoms with Gasteiger partial charge in [0.2, 0.25) is 5.91 Å². The monoisotopic (exact) mass is 811 g/mol. The van der Waals surface area contributed by atoms with Crippen LogP contribution in [-0.4, -0.2) is 93.7 Å². The highest BCUT2D eigenvalue weighted by Crippen LogP contribution is 2.42. The summed E-state index contributed by atoms with van der Waals surface area (Å²) in [6, 6.07) is 9.57. The smallest absolute Gasteiger partial charge is 0.324 e. The summed E-state index contributed by atoms with van der Waals surface area (Å²) in [7, 11) is 1.70. The number of ether oxygens (including phenoxy) is 2. The number of piperidine rings is 2. The summed E-state index contributed by atoms with van der Waals surface area (Å²) in [6.07, 6.45) is 9.12. The molecule has 13 heteroatoms. The fourth-order valence-electron chi connectivity index (χ4n) is 9.39. The molecule has 4 aromatic rings. The molecule has 6 heterocycles. The average molecular weight is 812 g/mol. The molecule has 2 amide bonds. The number of carbonyl (C=O) groups is 3. The molecule has 3 saturated heterocycles. The van der Waals surface area contributed by atoms with E-state index >= 15 is 0 Å². The second-order valence-corrected chi connectivity index (χ2v) is 17.8. The van der Waals surface area contributed by atoms with Crippen LogP contribution in [0.4, 0.5) is 0 Å². The number of amides is 2. The lowest BCUT2D eigenvalue weighted by Crippen LogP contribution is -2.61. The third kappa shape index (κ3) is 8.88. The van der Waals surface area contributed by atoms with E-state index in [1.54, 1.807) is 18.4 Å². The first-order chi connectivity index (χ1) is 28.0. The Morgan fingerprint density at radius 2 is 1.84 bits per heavy atom. The van der Waals surface area contributed by atoms with Gasteiger partial charge in [0.05, 0.1) is 41.2 Å². The van der Waals surface area contributed by atoms with Gasteiger partial charge in [-0.25, -0.2) is 10.4 Å². The number of hydrogen-bond acceptors (Lipinski definition) is 10. The largest absolute Gasteiger partial charge is 0.464 e. The Labute approximate surface area is 347 Å². The van der Waals surface area contributed by atoms with Crippen molar-refractivity contribution in [2.24, 2.45) is 11.3 Å². The summed E-state index contributed by atoms with van der Waals surface area (Å²) in [4.78, 5) is 53.1. The second kappa shape index (κ2) is 18.4. The number of rotatable bonds is 14. The number of carbonyl (C=O) groups excluding carboxylic acids is 3. The van der Waals surface area contributed by atoms with Gasteiger partial charge in [-0.15, -0.1) is 11.3 Å². The summed E-state index contributed by atoms with van der Waals surface area (Å²) < 4.78 is 14.3. The molecule has 5 atom stereocenters. The molecule has 0 unspecified atom stereocenters. The molecule has 3 aliphatic rings. The molecule has 2 N–H and O–H groups in total. The van der Waals surface area contributed by atoms with E-state index in [1.807, 2.05) is 31.6 Å². The first-order valence-electron chi connectivity index (χ1n) is 21.3. The fourth-order valence-corrected chi connectivity index (χ4v) is 9.95. The molecule has 1 aromatic carbocycles. The Balaban J connectivity index is 1.07. The van der Waals surface area contributed by atoms with Gasteiger partial charge in [0.1, 0.15) is 12.1 Å². The third-order valence-electron chi connectivity index (χ3n) is 12.5. The molecule has 0 radical (unpaired) electrons. The predicted molar refractivity (Wildman–Crippen MR) is 228 cm³/mol. The minimum Gasteiger partial charge on any atom is -0.464 e. The van der Waals surface area contributed by atoms with E-state index in [0.29, 0.717) is 32.2 Å². The van der Waals surface area contributed by atoms with Gasteiger partial charge in [0, 0.05) is 65.3 Å². The summed E-state index contributed by atoms with van der Waals surface area (Å²) >= 11 is 1.58. The Kier molecular flexibility index (Phi) is 13.3. The van der Waals surface area contributed by atoms with Crippen molar-refractivity contribution in [3.63, 3.8) is 0 Å². The molecular weight excluding hydrogens is 751 g/mol. The normalized spacial score (nSPS) is 21.3. The molecule has 0 aliphatic carbocycles. The molecule has 58 heavy (non-hydrogen) atoms. The molecule has 3 aliphatic heterocycles. The highest BCUT2D eigenvalue weighted by Gasteiger charge is 2.39. The number of hydrogen-bond donors (Lipinski definition) is 2. The molecule has 312 valence electrons. The number of thiazole rings is 1. The standard InChI is InChI=1S/C45H61N7O5S/c1-7-35(48-42(53)31-15-12-22-50-21-10-9-17-38(31)50)43(54)52-23-13-16-36(49-52)44(55)57-27-45(4,5)25-34-33-24-30(37-26-58-28-47-37)18-19-39(33)51(8-2)41(34)32-14-11-20-46-40(32)29(3)56-6/h11,14,18-20,24,26,28-29,31,35-36,38,49H,7-10,12-13,15-17,21-23,25,27H2,1-6H3,(H,48,53)/t29-,31-,35-,36-,38-/m0/s1. The van der Waals surface area contributed by atoms with Crippen molar-refractivity contribution >= 4 is 40.0 Å². The lowest BCUT2D eigenvalue weighted by Gasteiger charge is -2.44. The number of benzene rings is 1. The first kappa shape index (κ1) is 42.0. The molecule has 12 nitrogen and oxygen atoms in total. The maximum Gasteiger partial charge on any atom is 0.324 e. The summed E-state index contributed by atoms with van der Waals surface area (Å²) in [5.74, 6) is -0.706. The van der Waals surface area contributed by atoms with Gasteiger partial charge in [-0.1, -0.05) is 33.3 Å². The van der Waals surface area contributed by atoms with Gasteiger partial charge < -0.3 is 19.4 Å². The van der Waals surface area contributed by atoms with Crippen molar-refractivity contribution in [3.8, 4) is 22.5 Å². The Hall–Kier alpha value is -4.17. The zero-order chi connectivity index (χ0) is 41.0. The molecule has 0 spiro atoms. The summed E-state index contributed by atoms with van der Waals surface area (Å²) in [5.41, 5.74) is 11.8. The van der Waals surface area contributed by atoms with Crippen molar-refractivity contribution in [2.75, 3.05) is 33.4 Å². The van der Waals surface area contributed by atoms with Crippen LogP contribution in [0.15, 0.2) is 47.4 Å². The van der Waals surface area contributed by atoms with Gasteiger partial charge in [-0.2, -0.15) is 0 Å². The van der Waals surface area contributed by atoms with Crippen LogP contribution in [0.3, 0.4) is 0 Å². The number of fused-ring (bicyclic) bond motifs is 2. The second-order valence-electron chi connectivity index (χ2n) is 17.1. The maximum absolute atomic E-state index is 13.9.